The highest BCUT2D eigenvalue weighted by molar-refractivity contribution is 5.93. The molecule has 1 fully saturated rings. The second-order valence-corrected chi connectivity index (χ2v) is 5.94. The second kappa shape index (κ2) is 6.82. The first-order valence-corrected chi connectivity index (χ1v) is 7.77. The molecule has 8 heteroatoms. The summed E-state index contributed by atoms with van der Waals surface area (Å²) in [6.45, 7) is 2.16. The molecular formula is C15H22N6O2. The number of piperidine rings is 1. The summed E-state index contributed by atoms with van der Waals surface area (Å²) >= 11 is 0. The van der Waals surface area contributed by atoms with Gasteiger partial charge < -0.3 is 19.5 Å². The van der Waals surface area contributed by atoms with E-state index in [-0.39, 0.29) is 5.91 Å². The third kappa shape index (κ3) is 3.70. The minimum absolute atomic E-state index is 0.0445. The summed E-state index contributed by atoms with van der Waals surface area (Å²) in [6, 6.07) is 2.09. The van der Waals surface area contributed by atoms with Crippen molar-refractivity contribution in [1.29, 1.82) is 0 Å². The molecule has 124 valence electrons. The van der Waals surface area contributed by atoms with E-state index in [2.05, 4.69) is 20.5 Å². The van der Waals surface area contributed by atoms with Crippen LogP contribution in [0.5, 0.6) is 0 Å². The molecule has 3 heterocycles. The molecule has 1 amide bonds. The largest absolute Gasteiger partial charge is 0.472 e. The minimum atomic E-state index is 0.0445. The second-order valence-electron chi connectivity index (χ2n) is 5.94. The lowest BCUT2D eigenvalue weighted by Crippen LogP contribution is -2.44. The number of hydrogen-bond donors (Lipinski definition) is 2. The standard InChI is InChI=1S/C15H22N6O2/c1-20(2)15-17-13(18-19-15)9-16-12-3-6-21(7-4-12)14(22)11-5-8-23-10-11/h5,8,10,12,16H,3-4,6-7,9H2,1-2H3,(H,17,18,19). The SMILES string of the molecule is CN(C)c1n[nH]c(CNC2CCN(C(=O)c3ccoc3)CC2)n1. The van der Waals surface area contributed by atoms with Crippen molar-refractivity contribution in [3.63, 3.8) is 0 Å². The molecule has 0 aromatic carbocycles. The summed E-state index contributed by atoms with van der Waals surface area (Å²) in [7, 11) is 3.82. The van der Waals surface area contributed by atoms with Crippen LogP contribution in [0.1, 0.15) is 29.0 Å². The molecule has 2 aromatic heterocycles. The van der Waals surface area contributed by atoms with Gasteiger partial charge in [0.05, 0.1) is 18.4 Å². The quantitative estimate of drug-likeness (QED) is 0.850. The van der Waals surface area contributed by atoms with Gasteiger partial charge in [-0.05, 0) is 18.9 Å². The van der Waals surface area contributed by atoms with Gasteiger partial charge in [0.1, 0.15) is 12.1 Å². The Hall–Kier alpha value is -2.35. The van der Waals surface area contributed by atoms with Crippen LogP contribution in [0.25, 0.3) is 0 Å². The molecule has 2 N–H and O–H groups in total. The Balaban J connectivity index is 1.45. The van der Waals surface area contributed by atoms with Crippen LogP contribution in [0.3, 0.4) is 0 Å². The van der Waals surface area contributed by atoms with Gasteiger partial charge in [-0.25, -0.2) is 0 Å². The number of carbonyl (C=O) groups excluding carboxylic acids is 1. The van der Waals surface area contributed by atoms with Gasteiger partial charge in [-0.3, -0.25) is 9.89 Å². The third-order valence-electron chi connectivity index (χ3n) is 4.03. The van der Waals surface area contributed by atoms with E-state index in [4.69, 9.17) is 4.42 Å². The molecule has 1 aliphatic rings. The molecule has 0 spiro atoms. The highest BCUT2D eigenvalue weighted by Gasteiger charge is 2.24. The van der Waals surface area contributed by atoms with Gasteiger partial charge in [-0.2, -0.15) is 4.98 Å². The number of hydrogen-bond acceptors (Lipinski definition) is 6. The van der Waals surface area contributed by atoms with Gasteiger partial charge in [-0.15, -0.1) is 5.10 Å². The zero-order valence-electron chi connectivity index (χ0n) is 13.5. The van der Waals surface area contributed by atoms with Crippen LogP contribution in [0.4, 0.5) is 5.95 Å². The number of rotatable bonds is 5. The number of nitrogens with one attached hydrogen (secondary N) is 2. The Morgan fingerprint density at radius 2 is 2.26 bits per heavy atom. The molecule has 1 saturated heterocycles. The van der Waals surface area contributed by atoms with Gasteiger partial charge in [0.15, 0.2) is 0 Å². The van der Waals surface area contributed by atoms with Crippen molar-refractivity contribution in [2.45, 2.75) is 25.4 Å². The molecule has 2 aromatic rings. The number of furan rings is 1. The van der Waals surface area contributed by atoms with Crippen molar-refractivity contribution in [2.24, 2.45) is 0 Å². The molecule has 0 unspecified atom stereocenters. The lowest BCUT2D eigenvalue weighted by atomic mass is 10.0. The number of aromatic amines is 1. The summed E-state index contributed by atoms with van der Waals surface area (Å²) in [4.78, 5) is 20.4. The Morgan fingerprint density at radius 3 is 2.87 bits per heavy atom. The number of amides is 1. The van der Waals surface area contributed by atoms with Crippen LogP contribution < -0.4 is 10.2 Å². The molecule has 23 heavy (non-hydrogen) atoms. The lowest BCUT2D eigenvalue weighted by Gasteiger charge is -2.32. The van der Waals surface area contributed by atoms with Crippen molar-refractivity contribution in [2.75, 3.05) is 32.1 Å². The van der Waals surface area contributed by atoms with E-state index in [0.717, 1.165) is 31.8 Å². The van der Waals surface area contributed by atoms with Gasteiger partial charge in [-0.1, -0.05) is 0 Å². The number of anilines is 1. The minimum Gasteiger partial charge on any atom is -0.472 e. The Labute approximate surface area is 134 Å². The highest BCUT2D eigenvalue weighted by Crippen LogP contribution is 2.14. The maximum atomic E-state index is 12.2. The number of nitrogens with zero attached hydrogens (tertiary/aromatic N) is 4. The Morgan fingerprint density at radius 1 is 1.48 bits per heavy atom. The van der Waals surface area contributed by atoms with Gasteiger partial charge in [0.25, 0.3) is 5.91 Å². The fourth-order valence-electron chi connectivity index (χ4n) is 2.66. The zero-order chi connectivity index (χ0) is 16.2. The first-order valence-electron chi connectivity index (χ1n) is 7.77. The summed E-state index contributed by atoms with van der Waals surface area (Å²) in [5.74, 6) is 1.55. The van der Waals surface area contributed by atoms with Crippen LogP contribution in [-0.4, -0.2) is 59.2 Å². The number of H-pyrrole nitrogens is 1. The molecule has 8 nitrogen and oxygen atoms in total. The van der Waals surface area contributed by atoms with Crippen molar-refractivity contribution < 1.29 is 9.21 Å². The van der Waals surface area contributed by atoms with Crippen molar-refractivity contribution in [3.05, 3.63) is 30.0 Å². The van der Waals surface area contributed by atoms with E-state index < -0.39 is 0 Å². The fourth-order valence-corrected chi connectivity index (χ4v) is 2.66. The molecular weight excluding hydrogens is 296 g/mol. The van der Waals surface area contributed by atoms with Crippen molar-refractivity contribution in [3.8, 4) is 0 Å². The Kier molecular flexibility index (Phi) is 4.61. The summed E-state index contributed by atoms with van der Waals surface area (Å²) in [5.41, 5.74) is 0.620. The van der Waals surface area contributed by atoms with Gasteiger partial charge in [0.2, 0.25) is 5.95 Å². The monoisotopic (exact) mass is 318 g/mol. The zero-order valence-corrected chi connectivity index (χ0v) is 13.5. The first-order chi connectivity index (χ1) is 11.1. The van der Waals surface area contributed by atoms with E-state index in [1.54, 1.807) is 6.07 Å². The predicted octanol–water partition coefficient (Wildman–Crippen LogP) is 0.858. The maximum Gasteiger partial charge on any atom is 0.257 e. The van der Waals surface area contributed by atoms with Gasteiger partial charge in [0, 0.05) is 33.2 Å². The number of carbonyl (C=O) groups is 1. The molecule has 0 bridgehead atoms. The van der Waals surface area contributed by atoms with Crippen LogP contribution >= 0.6 is 0 Å². The van der Waals surface area contributed by atoms with E-state index >= 15 is 0 Å². The summed E-state index contributed by atoms with van der Waals surface area (Å²) < 4.78 is 4.97. The highest BCUT2D eigenvalue weighted by atomic mass is 16.3. The third-order valence-corrected chi connectivity index (χ3v) is 4.03. The lowest BCUT2D eigenvalue weighted by molar-refractivity contribution is 0.0704. The average Bonchev–Trinajstić information content (AvgIpc) is 3.24. The molecule has 3 rings (SSSR count). The predicted molar refractivity (Wildman–Crippen MR) is 85.2 cm³/mol. The van der Waals surface area contributed by atoms with Crippen LogP contribution in [0, 0.1) is 0 Å². The van der Waals surface area contributed by atoms with Crippen molar-refractivity contribution >= 4 is 11.9 Å². The molecule has 0 aliphatic carbocycles. The van der Waals surface area contributed by atoms with E-state index in [9.17, 15) is 4.79 Å². The van der Waals surface area contributed by atoms with Crippen LogP contribution in [-0.2, 0) is 6.54 Å². The van der Waals surface area contributed by atoms with E-state index in [0.29, 0.717) is 24.1 Å². The molecule has 0 radical (unpaired) electrons. The summed E-state index contributed by atoms with van der Waals surface area (Å²) in [5, 5.41) is 10.5. The van der Waals surface area contributed by atoms with Crippen molar-refractivity contribution in [1.82, 2.24) is 25.4 Å². The maximum absolute atomic E-state index is 12.2. The number of likely N-dealkylation sites (tertiary alicyclic amines) is 1. The Bertz CT molecular complexity index is 628. The first kappa shape index (κ1) is 15.5. The van der Waals surface area contributed by atoms with Crippen LogP contribution in [0.2, 0.25) is 0 Å². The van der Waals surface area contributed by atoms with E-state index in [1.807, 2.05) is 23.9 Å². The number of aromatic nitrogens is 3. The smallest absolute Gasteiger partial charge is 0.257 e. The molecule has 1 aliphatic heterocycles. The fraction of sp³-hybridized carbons (Fsp3) is 0.533. The van der Waals surface area contributed by atoms with Gasteiger partial charge >= 0.3 is 0 Å². The molecule has 0 atom stereocenters. The topological polar surface area (TPSA) is 90.3 Å². The molecule has 0 saturated carbocycles. The average molecular weight is 318 g/mol. The van der Waals surface area contributed by atoms with Crippen LogP contribution in [0.15, 0.2) is 23.0 Å². The summed E-state index contributed by atoms with van der Waals surface area (Å²) in [6.07, 6.45) is 4.89. The van der Waals surface area contributed by atoms with E-state index in [1.165, 1.54) is 12.5 Å². The normalized spacial score (nSPS) is 15.8.